The van der Waals surface area contributed by atoms with Crippen molar-refractivity contribution >= 4 is 0 Å². The number of aliphatic hydroxyl groups is 4. The first kappa shape index (κ1) is 8.89. The van der Waals surface area contributed by atoms with Gasteiger partial charge in [0, 0.05) is 0 Å². The van der Waals surface area contributed by atoms with Crippen molar-refractivity contribution in [3.63, 3.8) is 0 Å². The van der Waals surface area contributed by atoms with Gasteiger partial charge in [-0.25, -0.2) is 0 Å². The lowest BCUT2D eigenvalue weighted by molar-refractivity contribution is -0.312. The van der Waals surface area contributed by atoms with Crippen molar-refractivity contribution in [1.29, 1.82) is 0 Å². The van der Waals surface area contributed by atoms with Gasteiger partial charge in [-0.3, -0.25) is 0 Å². The summed E-state index contributed by atoms with van der Waals surface area (Å²) in [5, 5.41) is 36.3. The Morgan fingerprint density at radius 1 is 1.36 bits per heavy atom. The molecule has 1 aliphatic rings. The van der Waals surface area contributed by atoms with Gasteiger partial charge in [-0.1, -0.05) is 0 Å². The summed E-state index contributed by atoms with van der Waals surface area (Å²) in [5.41, 5.74) is 0. The minimum Gasteiger partial charge on any atom is -0.388 e. The van der Waals surface area contributed by atoms with Crippen LogP contribution in [0, 0.1) is 0 Å². The molecule has 0 aromatic heterocycles. The zero-order valence-electron chi connectivity index (χ0n) is 6.14. The summed E-state index contributed by atoms with van der Waals surface area (Å²) in [7, 11) is 0. The highest BCUT2D eigenvalue weighted by atomic mass is 16.6. The molecule has 0 aromatic rings. The third kappa shape index (κ3) is 1.52. The van der Waals surface area contributed by atoms with Gasteiger partial charge in [0.1, 0.15) is 18.3 Å². The van der Waals surface area contributed by atoms with Crippen LogP contribution in [-0.2, 0) is 4.74 Å². The van der Waals surface area contributed by atoms with Crippen LogP contribution < -0.4 is 0 Å². The number of hydrogen-bond donors (Lipinski definition) is 4. The van der Waals surface area contributed by atoms with E-state index in [2.05, 4.69) is 4.74 Å². The third-order valence-corrected chi connectivity index (χ3v) is 1.81. The van der Waals surface area contributed by atoms with Crippen LogP contribution >= 0.6 is 0 Å². The van der Waals surface area contributed by atoms with Gasteiger partial charge in [0.15, 0.2) is 5.79 Å². The Hall–Kier alpha value is -0.200. The van der Waals surface area contributed by atoms with Crippen LogP contribution in [0.25, 0.3) is 0 Å². The number of rotatable bonds is 0. The highest BCUT2D eigenvalue weighted by Gasteiger charge is 2.44. The predicted molar refractivity (Wildman–Crippen MR) is 34.6 cm³/mol. The monoisotopic (exact) mass is 164 g/mol. The minimum absolute atomic E-state index is 0.175. The molecule has 5 heteroatoms. The summed E-state index contributed by atoms with van der Waals surface area (Å²) in [5.74, 6) is -1.77. The smallest absolute Gasteiger partial charge is 0.191 e. The van der Waals surface area contributed by atoms with Gasteiger partial charge < -0.3 is 25.2 Å². The van der Waals surface area contributed by atoms with Crippen LogP contribution in [0.5, 0.6) is 0 Å². The average Bonchev–Trinajstić information content (AvgIpc) is 1.95. The second kappa shape index (κ2) is 2.69. The highest BCUT2D eigenvalue weighted by molar-refractivity contribution is 4.88. The molecule has 1 saturated heterocycles. The third-order valence-electron chi connectivity index (χ3n) is 1.81. The molecule has 0 bridgehead atoms. The maximum Gasteiger partial charge on any atom is 0.191 e. The molecular formula is C6H12O5. The van der Waals surface area contributed by atoms with Crippen LogP contribution in [0.4, 0.5) is 0 Å². The summed E-state index contributed by atoms with van der Waals surface area (Å²) < 4.78 is 4.66. The molecule has 4 atom stereocenters. The molecule has 66 valence electrons. The molecule has 1 unspecified atom stereocenters. The Balaban J connectivity index is 2.67. The zero-order chi connectivity index (χ0) is 8.65. The topological polar surface area (TPSA) is 90.2 Å². The normalized spacial score (nSPS) is 52.6. The van der Waals surface area contributed by atoms with E-state index in [1.165, 1.54) is 6.92 Å². The fraction of sp³-hybridized carbons (Fsp3) is 1.00. The van der Waals surface area contributed by atoms with E-state index < -0.39 is 24.1 Å². The van der Waals surface area contributed by atoms with Gasteiger partial charge in [-0.05, 0) is 6.92 Å². The van der Waals surface area contributed by atoms with Crippen molar-refractivity contribution in [2.24, 2.45) is 0 Å². The van der Waals surface area contributed by atoms with E-state index in [0.29, 0.717) is 0 Å². The molecule has 0 radical (unpaired) electrons. The lowest BCUT2D eigenvalue weighted by Crippen LogP contribution is -2.59. The van der Waals surface area contributed by atoms with Crippen molar-refractivity contribution in [2.75, 3.05) is 6.61 Å². The predicted octanol–water partition coefficient (Wildman–Crippen LogP) is -2.19. The first-order valence-corrected chi connectivity index (χ1v) is 3.35. The van der Waals surface area contributed by atoms with Crippen molar-refractivity contribution in [3.8, 4) is 0 Å². The molecule has 1 rings (SSSR count). The first-order chi connectivity index (χ1) is 4.95. The van der Waals surface area contributed by atoms with E-state index in [-0.39, 0.29) is 6.61 Å². The molecule has 0 amide bonds. The molecule has 1 aliphatic heterocycles. The molecule has 0 spiro atoms. The van der Waals surface area contributed by atoms with E-state index >= 15 is 0 Å². The molecule has 0 saturated carbocycles. The Morgan fingerprint density at radius 2 is 1.91 bits per heavy atom. The Morgan fingerprint density at radius 3 is 2.36 bits per heavy atom. The number of ether oxygens (including phenoxy) is 1. The molecular weight excluding hydrogens is 152 g/mol. The lowest BCUT2D eigenvalue weighted by Gasteiger charge is -2.39. The van der Waals surface area contributed by atoms with E-state index in [4.69, 9.17) is 15.3 Å². The zero-order valence-corrected chi connectivity index (χ0v) is 6.14. The SMILES string of the molecule is CC1(O)OC[C@H](O)[C@@H](O)[C@@H]1O. The van der Waals surface area contributed by atoms with Crippen LogP contribution in [0.3, 0.4) is 0 Å². The maximum atomic E-state index is 9.19. The second-order valence-electron chi connectivity index (χ2n) is 2.87. The molecule has 4 N–H and O–H groups in total. The van der Waals surface area contributed by atoms with Crippen LogP contribution in [0.15, 0.2) is 0 Å². The maximum absolute atomic E-state index is 9.19. The lowest BCUT2D eigenvalue weighted by atomic mass is 9.98. The van der Waals surface area contributed by atoms with Crippen molar-refractivity contribution < 1.29 is 25.2 Å². The highest BCUT2D eigenvalue weighted by Crippen LogP contribution is 2.22. The van der Waals surface area contributed by atoms with Gasteiger partial charge in [-0.15, -0.1) is 0 Å². The van der Waals surface area contributed by atoms with Crippen molar-refractivity contribution in [3.05, 3.63) is 0 Å². The van der Waals surface area contributed by atoms with E-state index in [0.717, 1.165) is 0 Å². The first-order valence-electron chi connectivity index (χ1n) is 3.35. The van der Waals surface area contributed by atoms with Gasteiger partial charge in [0.05, 0.1) is 6.61 Å². The van der Waals surface area contributed by atoms with Gasteiger partial charge in [-0.2, -0.15) is 0 Å². The fourth-order valence-electron chi connectivity index (χ4n) is 0.965. The summed E-state index contributed by atoms with van der Waals surface area (Å²) in [6.45, 7) is 1.05. The fourth-order valence-corrected chi connectivity index (χ4v) is 0.965. The van der Waals surface area contributed by atoms with Gasteiger partial charge in [0.2, 0.25) is 0 Å². The molecule has 5 nitrogen and oxygen atoms in total. The molecule has 11 heavy (non-hydrogen) atoms. The number of hydrogen-bond acceptors (Lipinski definition) is 5. The minimum atomic E-state index is -1.77. The van der Waals surface area contributed by atoms with E-state index in [9.17, 15) is 5.11 Å². The van der Waals surface area contributed by atoms with Crippen molar-refractivity contribution in [1.82, 2.24) is 0 Å². The van der Waals surface area contributed by atoms with Crippen LogP contribution in [-0.4, -0.2) is 51.1 Å². The van der Waals surface area contributed by atoms with Gasteiger partial charge in [0.25, 0.3) is 0 Å². The number of aliphatic hydroxyl groups excluding tert-OH is 3. The second-order valence-corrected chi connectivity index (χ2v) is 2.87. The molecule has 0 aliphatic carbocycles. The largest absolute Gasteiger partial charge is 0.388 e. The summed E-state index contributed by atoms with van der Waals surface area (Å²) in [6, 6.07) is 0. The Labute approximate surface area is 63.8 Å². The molecule has 0 aromatic carbocycles. The standard InChI is InChI=1S/C6H12O5/c1-6(10)5(9)4(8)3(7)2-11-6/h3-5,7-10H,2H2,1H3/t3-,4+,5-,6?/m0/s1. The molecule has 1 fully saturated rings. The molecule has 1 heterocycles. The van der Waals surface area contributed by atoms with Gasteiger partial charge >= 0.3 is 0 Å². The van der Waals surface area contributed by atoms with E-state index in [1.807, 2.05) is 0 Å². The van der Waals surface area contributed by atoms with Crippen LogP contribution in [0.2, 0.25) is 0 Å². The van der Waals surface area contributed by atoms with Crippen molar-refractivity contribution in [2.45, 2.75) is 31.0 Å². The Bertz CT molecular complexity index is 146. The quantitative estimate of drug-likeness (QED) is 0.326. The summed E-state index contributed by atoms with van der Waals surface area (Å²) >= 11 is 0. The summed E-state index contributed by atoms with van der Waals surface area (Å²) in [6.07, 6.45) is -3.95. The van der Waals surface area contributed by atoms with Crippen LogP contribution in [0.1, 0.15) is 6.92 Å². The average molecular weight is 164 g/mol. The van der Waals surface area contributed by atoms with E-state index in [1.54, 1.807) is 0 Å². The summed E-state index contributed by atoms with van der Waals surface area (Å²) in [4.78, 5) is 0. The Kier molecular flexibility index (Phi) is 2.17.